The van der Waals surface area contributed by atoms with E-state index in [1.165, 1.54) is 0 Å². The molecule has 2 aromatic carbocycles. The molecule has 1 fully saturated rings. The summed E-state index contributed by atoms with van der Waals surface area (Å²) in [6.45, 7) is 7.10. The van der Waals surface area contributed by atoms with E-state index < -0.39 is 0 Å². The van der Waals surface area contributed by atoms with Crippen molar-refractivity contribution < 1.29 is 23.8 Å². The molecule has 1 aliphatic rings. The van der Waals surface area contributed by atoms with Crippen molar-refractivity contribution in [1.82, 2.24) is 20.0 Å². The van der Waals surface area contributed by atoms with E-state index in [1.54, 1.807) is 50.5 Å². The average Bonchev–Trinajstić information content (AvgIpc) is 3.03. The van der Waals surface area contributed by atoms with Crippen LogP contribution in [0.15, 0.2) is 54.6 Å². The number of carbonyl (C=O) groups excluding carboxylic acids is 2. The fourth-order valence-corrected chi connectivity index (χ4v) is 4.74. The Bertz CT molecular complexity index is 1310. The summed E-state index contributed by atoms with van der Waals surface area (Å²) in [5, 5.41) is 8.88. The minimum atomic E-state index is -0.149. The summed E-state index contributed by atoms with van der Waals surface area (Å²) in [5.74, 6) is 2.88. The van der Waals surface area contributed by atoms with Gasteiger partial charge in [-0.25, -0.2) is 0 Å². The summed E-state index contributed by atoms with van der Waals surface area (Å²) < 4.78 is 16.0. The first-order valence-electron chi connectivity index (χ1n) is 13.9. The topological polar surface area (TPSA) is 97.3 Å². The quantitative estimate of drug-likeness (QED) is 0.347. The smallest absolute Gasteiger partial charge is 0.254 e. The molecule has 0 aliphatic carbocycles. The molecule has 10 heteroatoms. The standard InChI is InChI=1S/C31H39N5O5/c1-6-22(2)20-36(31(38)23-7-9-24(39-3)10-8-23)21-30(37)35-17-15-34(16-18-35)29-14-13-27(32-33-29)26-12-11-25(40-4)19-28(26)41-5/h7-14,19,22H,6,15-18,20-21H2,1-5H3. The SMILES string of the molecule is CCC(C)CN(CC(=O)N1CCN(c2ccc(-c3ccc(OC)cc3OC)nn2)CC1)C(=O)c1ccc(OC)cc1. The van der Waals surface area contributed by atoms with Gasteiger partial charge in [0.05, 0.1) is 27.0 Å². The van der Waals surface area contributed by atoms with Crippen molar-refractivity contribution in [3.63, 3.8) is 0 Å². The minimum Gasteiger partial charge on any atom is -0.497 e. The second-order valence-electron chi connectivity index (χ2n) is 10.1. The molecule has 1 aromatic heterocycles. The van der Waals surface area contributed by atoms with Gasteiger partial charge in [0.25, 0.3) is 5.91 Å². The van der Waals surface area contributed by atoms with E-state index in [-0.39, 0.29) is 24.3 Å². The van der Waals surface area contributed by atoms with Crippen LogP contribution in [0.4, 0.5) is 5.82 Å². The van der Waals surface area contributed by atoms with Gasteiger partial charge in [-0.15, -0.1) is 10.2 Å². The number of rotatable bonds is 11. The molecular formula is C31H39N5O5. The lowest BCUT2D eigenvalue weighted by Gasteiger charge is -2.36. The Labute approximate surface area is 241 Å². The molecule has 2 heterocycles. The lowest BCUT2D eigenvalue weighted by molar-refractivity contribution is -0.132. The maximum Gasteiger partial charge on any atom is 0.254 e. The first kappa shape index (κ1) is 29.6. The predicted molar refractivity (Wildman–Crippen MR) is 158 cm³/mol. The van der Waals surface area contributed by atoms with Crippen LogP contribution in [0.5, 0.6) is 17.2 Å². The largest absolute Gasteiger partial charge is 0.497 e. The van der Waals surface area contributed by atoms with Gasteiger partial charge >= 0.3 is 0 Å². The van der Waals surface area contributed by atoms with E-state index in [2.05, 4.69) is 28.9 Å². The van der Waals surface area contributed by atoms with Crippen LogP contribution in [-0.4, -0.2) is 92.4 Å². The molecule has 0 bridgehead atoms. The lowest BCUT2D eigenvalue weighted by atomic mass is 10.1. The van der Waals surface area contributed by atoms with Crippen molar-refractivity contribution in [2.45, 2.75) is 20.3 Å². The molecule has 41 heavy (non-hydrogen) atoms. The normalized spacial score (nSPS) is 13.9. The highest BCUT2D eigenvalue weighted by atomic mass is 16.5. The maximum absolute atomic E-state index is 13.3. The summed E-state index contributed by atoms with van der Waals surface area (Å²) in [5.41, 5.74) is 2.07. The number of amides is 2. The van der Waals surface area contributed by atoms with Crippen LogP contribution in [0.2, 0.25) is 0 Å². The van der Waals surface area contributed by atoms with E-state index in [9.17, 15) is 9.59 Å². The molecule has 1 unspecified atom stereocenters. The Hall–Kier alpha value is -4.34. The second kappa shape index (κ2) is 13.8. The van der Waals surface area contributed by atoms with Crippen molar-refractivity contribution in [2.75, 3.05) is 65.5 Å². The maximum atomic E-state index is 13.3. The number of hydrogen-bond donors (Lipinski definition) is 0. The molecule has 4 rings (SSSR count). The zero-order valence-corrected chi connectivity index (χ0v) is 24.5. The molecule has 1 atom stereocenters. The molecule has 218 valence electrons. The average molecular weight is 562 g/mol. The summed E-state index contributed by atoms with van der Waals surface area (Å²) in [6, 6.07) is 16.4. The third-order valence-electron chi connectivity index (χ3n) is 7.47. The number of piperazine rings is 1. The van der Waals surface area contributed by atoms with Crippen LogP contribution in [0.1, 0.15) is 30.6 Å². The number of carbonyl (C=O) groups is 2. The summed E-state index contributed by atoms with van der Waals surface area (Å²) in [7, 11) is 4.81. The predicted octanol–water partition coefficient (Wildman–Crippen LogP) is 4.01. The van der Waals surface area contributed by atoms with E-state index in [0.717, 1.165) is 17.8 Å². The number of methoxy groups -OCH3 is 3. The third kappa shape index (κ3) is 7.25. The Balaban J connectivity index is 1.37. The van der Waals surface area contributed by atoms with Crippen molar-refractivity contribution in [1.29, 1.82) is 0 Å². The fourth-order valence-electron chi connectivity index (χ4n) is 4.74. The first-order valence-corrected chi connectivity index (χ1v) is 13.9. The van der Waals surface area contributed by atoms with Gasteiger partial charge in [0.15, 0.2) is 5.82 Å². The number of aromatic nitrogens is 2. The first-order chi connectivity index (χ1) is 19.9. The van der Waals surface area contributed by atoms with Gasteiger partial charge in [-0.2, -0.15) is 0 Å². The highest BCUT2D eigenvalue weighted by Crippen LogP contribution is 2.32. The fraction of sp³-hybridized carbons (Fsp3) is 0.419. The van der Waals surface area contributed by atoms with Crippen LogP contribution in [-0.2, 0) is 4.79 Å². The van der Waals surface area contributed by atoms with Crippen molar-refractivity contribution in [2.24, 2.45) is 5.92 Å². The number of ether oxygens (including phenoxy) is 3. The zero-order valence-electron chi connectivity index (χ0n) is 24.5. The van der Waals surface area contributed by atoms with Gasteiger partial charge in [0.2, 0.25) is 5.91 Å². The van der Waals surface area contributed by atoms with Gasteiger partial charge in [-0.1, -0.05) is 20.3 Å². The van der Waals surface area contributed by atoms with Crippen LogP contribution in [0.25, 0.3) is 11.3 Å². The Morgan fingerprint density at radius 1 is 0.878 bits per heavy atom. The highest BCUT2D eigenvalue weighted by Gasteiger charge is 2.27. The van der Waals surface area contributed by atoms with Crippen molar-refractivity contribution in [3.8, 4) is 28.5 Å². The monoisotopic (exact) mass is 561 g/mol. The van der Waals surface area contributed by atoms with Crippen LogP contribution in [0, 0.1) is 5.92 Å². The zero-order chi connectivity index (χ0) is 29.4. The Kier molecular flexibility index (Phi) is 10.00. The van der Waals surface area contributed by atoms with Crippen molar-refractivity contribution in [3.05, 3.63) is 60.2 Å². The van der Waals surface area contributed by atoms with Gasteiger partial charge in [-0.3, -0.25) is 9.59 Å². The molecule has 0 saturated carbocycles. The van der Waals surface area contributed by atoms with Crippen molar-refractivity contribution >= 4 is 17.6 Å². The molecule has 0 spiro atoms. The Morgan fingerprint density at radius 2 is 1.56 bits per heavy atom. The molecule has 1 aliphatic heterocycles. The number of benzene rings is 2. The van der Waals surface area contributed by atoms with E-state index in [0.29, 0.717) is 61.2 Å². The van der Waals surface area contributed by atoms with Crippen LogP contribution >= 0.6 is 0 Å². The summed E-state index contributed by atoms with van der Waals surface area (Å²) >= 11 is 0. The second-order valence-corrected chi connectivity index (χ2v) is 10.1. The Morgan fingerprint density at radius 3 is 2.15 bits per heavy atom. The molecule has 3 aromatic rings. The van der Waals surface area contributed by atoms with Gasteiger partial charge in [0.1, 0.15) is 23.8 Å². The summed E-state index contributed by atoms with van der Waals surface area (Å²) in [4.78, 5) is 32.3. The molecular weight excluding hydrogens is 522 g/mol. The van der Waals surface area contributed by atoms with E-state index >= 15 is 0 Å². The third-order valence-corrected chi connectivity index (χ3v) is 7.47. The van der Waals surface area contributed by atoms with Crippen LogP contribution < -0.4 is 19.1 Å². The van der Waals surface area contributed by atoms with Gasteiger partial charge in [-0.05, 0) is 54.4 Å². The minimum absolute atomic E-state index is 0.0490. The molecule has 2 amide bonds. The van der Waals surface area contributed by atoms with Crippen LogP contribution in [0.3, 0.4) is 0 Å². The molecule has 1 saturated heterocycles. The molecule has 0 radical (unpaired) electrons. The van der Waals surface area contributed by atoms with Gasteiger partial charge < -0.3 is 28.9 Å². The highest BCUT2D eigenvalue weighted by molar-refractivity contribution is 5.96. The molecule has 10 nitrogen and oxygen atoms in total. The number of anilines is 1. The molecule has 0 N–H and O–H groups in total. The van der Waals surface area contributed by atoms with E-state index in [4.69, 9.17) is 14.2 Å². The summed E-state index contributed by atoms with van der Waals surface area (Å²) in [6.07, 6.45) is 0.921. The number of nitrogens with zero attached hydrogens (tertiary/aromatic N) is 5. The lowest BCUT2D eigenvalue weighted by Crippen LogP contribution is -2.52. The number of hydrogen-bond acceptors (Lipinski definition) is 8. The van der Waals surface area contributed by atoms with E-state index in [1.807, 2.05) is 35.2 Å². The van der Waals surface area contributed by atoms with Gasteiger partial charge in [0, 0.05) is 49.9 Å².